The first-order valence-electron chi connectivity index (χ1n) is 10.2. The Balaban J connectivity index is 1.77. The molecule has 0 spiro atoms. The number of nitrogens with zero attached hydrogens (tertiary/aromatic N) is 1. The van der Waals surface area contributed by atoms with E-state index in [1.165, 1.54) is 18.4 Å². The molecule has 0 radical (unpaired) electrons. The first-order valence-corrected chi connectivity index (χ1v) is 10.2. The molecule has 146 valence electrons. The van der Waals surface area contributed by atoms with E-state index in [-0.39, 0.29) is 12.1 Å². The minimum atomic E-state index is -0.269. The Morgan fingerprint density at radius 1 is 1.11 bits per heavy atom. The van der Waals surface area contributed by atoms with Crippen molar-refractivity contribution in [3.63, 3.8) is 0 Å². The van der Waals surface area contributed by atoms with Gasteiger partial charge in [-0.2, -0.15) is 0 Å². The molecule has 4 heteroatoms. The van der Waals surface area contributed by atoms with Gasteiger partial charge in [-0.25, -0.2) is 4.79 Å². The van der Waals surface area contributed by atoms with E-state index < -0.39 is 0 Å². The lowest BCUT2D eigenvalue weighted by Gasteiger charge is -2.13. The van der Waals surface area contributed by atoms with Crippen LogP contribution in [0.4, 0.5) is 0 Å². The summed E-state index contributed by atoms with van der Waals surface area (Å²) in [5.74, 6) is 0.566. The van der Waals surface area contributed by atoms with Gasteiger partial charge in [0, 0.05) is 23.1 Å². The van der Waals surface area contributed by atoms with Gasteiger partial charge in [-0.15, -0.1) is 0 Å². The molecule has 1 aliphatic rings. The van der Waals surface area contributed by atoms with E-state index in [2.05, 4.69) is 22.8 Å². The summed E-state index contributed by atoms with van der Waals surface area (Å²) in [4.78, 5) is 12.7. The van der Waals surface area contributed by atoms with Gasteiger partial charge in [-0.1, -0.05) is 30.3 Å². The normalized spacial score (nSPS) is 14.5. The topological polar surface area (TPSA) is 40.5 Å². The van der Waals surface area contributed by atoms with Crippen LogP contribution in [0.3, 0.4) is 0 Å². The van der Waals surface area contributed by atoms with E-state index in [0.29, 0.717) is 18.7 Å². The van der Waals surface area contributed by atoms with Gasteiger partial charge in [0.2, 0.25) is 0 Å². The van der Waals surface area contributed by atoms with E-state index in [0.717, 1.165) is 35.2 Å². The lowest BCUT2D eigenvalue weighted by Crippen LogP contribution is -2.10. The number of carbonyl (C=O) groups excluding carboxylic acids is 1. The molecule has 1 aliphatic carbocycles. The molecule has 0 saturated heterocycles. The van der Waals surface area contributed by atoms with Crippen molar-refractivity contribution in [1.29, 1.82) is 0 Å². The van der Waals surface area contributed by atoms with Crippen molar-refractivity contribution < 1.29 is 14.3 Å². The Kier molecular flexibility index (Phi) is 5.38. The number of fused-ring (bicyclic) bond motifs is 1. The van der Waals surface area contributed by atoms with Crippen LogP contribution in [0.1, 0.15) is 54.2 Å². The molecule has 1 heterocycles. The highest BCUT2D eigenvalue weighted by molar-refractivity contribution is 6.06. The van der Waals surface area contributed by atoms with Crippen molar-refractivity contribution in [3.05, 3.63) is 65.4 Å². The second-order valence-corrected chi connectivity index (χ2v) is 7.46. The molecule has 3 aromatic rings. The lowest BCUT2D eigenvalue weighted by molar-refractivity contribution is 0.0527. The number of benzene rings is 2. The highest BCUT2D eigenvalue weighted by Gasteiger charge is 2.23. The summed E-state index contributed by atoms with van der Waals surface area (Å²) in [5, 5.41) is 0.905. The molecule has 0 atom stereocenters. The zero-order chi connectivity index (χ0) is 19.5. The smallest absolute Gasteiger partial charge is 0.340 e. The van der Waals surface area contributed by atoms with E-state index in [9.17, 15) is 4.79 Å². The molecule has 28 heavy (non-hydrogen) atoms. The molecule has 1 fully saturated rings. The van der Waals surface area contributed by atoms with Crippen LogP contribution in [0.2, 0.25) is 0 Å². The lowest BCUT2D eigenvalue weighted by atomic mass is 10.1. The van der Waals surface area contributed by atoms with E-state index in [1.54, 1.807) is 0 Å². The first-order chi connectivity index (χ1) is 13.7. The maximum absolute atomic E-state index is 12.7. The molecule has 4 rings (SSSR count). The van der Waals surface area contributed by atoms with E-state index >= 15 is 0 Å². The molecule has 0 unspecified atom stereocenters. The zero-order valence-corrected chi connectivity index (χ0v) is 16.6. The fraction of sp³-hybridized carbons (Fsp3) is 0.375. The summed E-state index contributed by atoms with van der Waals surface area (Å²) >= 11 is 0. The molecule has 1 aromatic heterocycles. The minimum absolute atomic E-state index is 0.269. The monoisotopic (exact) mass is 377 g/mol. The second-order valence-electron chi connectivity index (χ2n) is 7.46. The number of rotatable bonds is 6. The van der Waals surface area contributed by atoms with E-state index in [4.69, 9.17) is 9.47 Å². The Bertz CT molecular complexity index is 968. The summed E-state index contributed by atoms with van der Waals surface area (Å²) in [6, 6.07) is 16.4. The fourth-order valence-corrected chi connectivity index (χ4v) is 4.16. The van der Waals surface area contributed by atoms with Gasteiger partial charge in [0.05, 0.1) is 18.3 Å². The molecule has 4 nitrogen and oxygen atoms in total. The van der Waals surface area contributed by atoms with Crippen molar-refractivity contribution in [2.45, 2.75) is 52.2 Å². The van der Waals surface area contributed by atoms with Crippen LogP contribution in [0.15, 0.2) is 48.5 Å². The predicted octanol–water partition coefficient (Wildman–Crippen LogP) is 5.50. The summed E-state index contributed by atoms with van der Waals surface area (Å²) in [6.07, 6.45) is 4.96. The van der Waals surface area contributed by atoms with Crippen molar-refractivity contribution in [3.8, 4) is 5.75 Å². The average molecular weight is 377 g/mol. The number of carbonyl (C=O) groups is 1. The number of esters is 1. The molecule has 0 N–H and O–H groups in total. The van der Waals surface area contributed by atoms with Gasteiger partial charge >= 0.3 is 5.97 Å². The highest BCUT2D eigenvalue weighted by atomic mass is 16.5. The molecule has 0 aliphatic heterocycles. The number of ether oxygens (including phenoxy) is 2. The SMILES string of the molecule is CCOC(=O)c1c(C)n(Cc2ccccc2)c2ccc(OC3CCCC3)cc12. The highest BCUT2D eigenvalue weighted by Crippen LogP contribution is 2.32. The van der Waals surface area contributed by atoms with Crippen LogP contribution in [0.5, 0.6) is 5.75 Å². The van der Waals surface area contributed by atoms with Gasteiger partial charge in [0.25, 0.3) is 0 Å². The average Bonchev–Trinajstić information content (AvgIpc) is 3.29. The third-order valence-corrected chi connectivity index (χ3v) is 5.56. The fourth-order valence-electron chi connectivity index (χ4n) is 4.16. The summed E-state index contributed by atoms with van der Waals surface area (Å²) < 4.78 is 13.7. The minimum Gasteiger partial charge on any atom is -0.490 e. The molecule has 2 aromatic carbocycles. The van der Waals surface area contributed by atoms with E-state index in [1.807, 2.05) is 44.2 Å². The van der Waals surface area contributed by atoms with Crippen molar-refractivity contribution in [2.75, 3.05) is 6.61 Å². The van der Waals surface area contributed by atoms with Gasteiger partial charge in [-0.3, -0.25) is 0 Å². The molecular formula is C24H27NO3. The summed E-state index contributed by atoms with van der Waals surface area (Å²) in [6.45, 7) is 4.91. The van der Waals surface area contributed by atoms with Crippen molar-refractivity contribution >= 4 is 16.9 Å². The van der Waals surface area contributed by atoms with Crippen molar-refractivity contribution in [1.82, 2.24) is 4.57 Å². The predicted molar refractivity (Wildman–Crippen MR) is 111 cm³/mol. The third-order valence-electron chi connectivity index (χ3n) is 5.56. The van der Waals surface area contributed by atoms with Crippen LogP contribution < -0.4 is 4.74 Å². The standard InChI is InChI=1S/C24H27NO3/c1-3-27-24(26)23-17(2)25(16-18-9-5-4-6-10-18)22-14-13-20(15-21(22)23)28-19-11-7-8-12-19/h4-6,9-10,13-15,19H,3,7-8,11-12,16H2,1-2H3. The zero-order valence-electron chi connectivity index (χ0n) is 16.6. The third kappa shape index (κ3) is 3.64. The Morgan fingerprint density at radius 3 is 2.57 bits per heavy atom. The molecule has 0 amide bonds. The summed E-state index contributed by atoms with van der Waals surface area (Å²) in [7, 11) is 0. The maximum atomic E-state index is 12.7. The van der Waals surface area contributed by atoms with Crippen LogP contribution in [-0.2, 0) is 11.3 Å². The summed E-state index contributed by atoms with van der Waals surface area (Å²) in [5.41, 5.74) is 3.80. The first kappa shape index (κ1) is 18.6. The quantitative estimate of drug-likeness (QED) is 0.533. The van der Waals surface area contributed by atoms with Crippen molar-refractivity contribution in [2.24, 2.45) is 0 Å². The largest absolute Gasteiger partial charge is 0.490 e. The van der Waals surface area contributed by atoms with Crippen LogP contribution >= 0.6 is 0 Å². The number of hydrogen-bond donors (Lipinski definition) is 0. The Hall–Kier alpha value is -2.75. The van der Waals surface area contributed by atoms with Crippen LogP contribution in [0.25, 0.3) is 10.9 Å². The Morgan fingerprint density at radius 2 is 1.86 bits per heavy atom. The second kappa shape index (κ2) is 8.09. The maximum Gasteiger partial charge on any atom is 0.340 e. The molecule has 0 bridgehead atoms. The van der Waals surface area contributed by atoms with Gasteiger partial charge in [0.1, 0.15) is 5.75 Å². The number of aromatic nitrogens is 1. The van der Waals surface area contributed by atoms with Crippen LogP contribution in [-0.4, -0.2) is 23.2 Å². The van der Waals surface area contributed by atoms with Gasteiger partial charge in [0.15, 0.2) is 0 Å². The van der Waals surface area contributed by atoms with Crippen LogP contribution in [0, 0.1) is 6.92 Å². The van der Waals surface area contributed by atoms with Gasteiger partial charge < -0.3 is 14.0 Å². The molecule has 1 saturated carbocycles. The Labute approximate surface area is 166 Å². The number of hydrogen-bond acceptors (Lipinski definition) is 3. The molecular weight excluding hydrogens is 350 g/mol. The van der Waals surface area contributed by atoms with Gasteiger partial charge in [-0.05, 0) is 63.3 Å².